The van der Waals surface area contributed by atoms with Gasteiger partial charge in [0, 0.05) is 19.3 Å². The molecule has 0 fully saturated rings. The van der Waals surface area contributed by atoms with Crippen LogP contribution in [0.15, 0.2) is 60.8 Å². The van der Waals surface area contributed by atoms with E-state index in [0.717, 1.165) is 11.3 Å². The second-order valence-electron chi connectivity index (χ2n) is 7.70. The number of hydrogen-bond acceptors (Lipinski definition) is 5. The molecular weight excluding hydrogens is 392 g/mol. The third-order valence-electron chi connectivity index (χ3n) is 5.74. The molecule has 2 aliphatic rings. The molecule has 3 heterocycles. The number of aromatic nitrogens is 1. The first-order valence-corrected chi connectivity index (χ1v) is 10.2. The SMILES string of the molecule is COc1ccc(CN2C(=O)CNc3ncc(C(=O)N4Cc5ccccc5C4)cc32)cc1. The molecule has 5 rings (SSSR count). The van der Waals surface area contributed by atoms with Crippen molar-refractivity contribution in [1.29, 1.82) is 0 Å². The third kappa shape index (κ3) is 3.59. The molecule has 31 heavy (non-hydrogen) atoms. The summed E-state index contributed by atoms with van der Waals surface area (Å²) in [4.78, 5) is 33.8. The molecule has 0 spiro atoms. The third-order valence-corrected chi connectivity index (χ3v) is 5.74. The normalized spacial score (nSPS) is 14.7. The van der Waals surface area contributed by atoms with Gasteiger partial charge >= 0.3 is 0 Å². The van der Waals surface area contributed by atoms with Crippen molar-refractivity contribution in [3.8, 4) is 5.75 Å². The number of ether oxygens (including phenoxy) is 1. The molecule has 0 saturated carbocycles. The van der Waals surface area contributed by atoms with Gasteiger partial charge in [-0.05, 0) is 34.9 Å². The molecule has 3 aromatic rings. The summed E-state index contributed by atoms with van der Waals surface area (Å²) in [5.74, 6) is 1.21. The van der Waals surface area contributed by atoms with Crippen molar-refractivity contribution in [2.45, 2.75) is 19.6 Å². The number of hydrogen-bond donors (Lipinski definition) is 1. The topological polar surface area (TPSA) is 74.8 Å². The molecule has 0 unspecified atom stereocenters. The number of rotatable bonds is 4. The highest BCUT2D eigenvalue weighted by Crippen LogP contribution is 2.31. The van der Waals surface area contributed by atoms with Gasteiger partial charge in [-0.3, -0.25) is 9.59 Å². The lowest BCUT2D eigenvalue weighted by Gasteiger charge is -2.30. The van der Waals surface area contributed by atoms with Crippen LogP contribution in [0.1, 0.15) is 27.0 Å². The molecule has 0 radical (unpaired) electrons. The fourth-order valence-corrected chi connectivity index (χ4v) is 4.05. The quantitative estimate of drug-likeness (QED) is 0.710. The number of nitrogens with zero attached hydrogens (tertiary/aromatic N) is 3. The molecule has 7 nitrogen and oxygen atoms in total. The molecule has 2 aliphatic heterocycles. The summed E-state index contributed by atoms with van der Waals surface area (Å²) in [6.45, 7) is 1.73. The average Bonchev–Trinajstić information content (AvgIpc) is 3.25. The highest BCUT2D eigenvalue weighted by Gasteiger charge is 2.29. The van der Waals surface area contributed by atoms with Crippen LogP contribution in [-0.4, -0.2) is 35.4 Å². The number of anilines is 2. The van der Waals surface area contributed by atoms with E-state index in [4.69, 9.17) is 4.74 Å². The standard InChI is InChI=1S/C24H22N4O3/c1-31-20-8-6-16(7-9-20)13-28-21-10-19(11-25-23(21)26-12-22(28)29)24(30)27-14-17-4-2-3-5-18(17)15-27/h2-11H,12-15H2,1H3,(H,25,26). The predicted molar refractivity (Wildman–Crippen MR) is 117 cm³/mol. The van der Waals surface area contributed by atoms with Crippen molar-refractivity contribution >= 4 is 23.3 Å². The van der Waals surface area contributed by atoms with Crippen LogP contribution in [0.3, 0.4) is 0 Å². The minimum Gasteiger partial charge on any atom is -0.497 e. The molecule has 156 valence electrons. The fraction of sp³-hybridized carbons (Fsp3) is 0.208. The lowest BCUT2D eigenvalue weighted by atomic mass is 10.1. The summed E-state index contributed by atoms with van der Waals surface area (Å²) in [6.07, 6.45) is 1.58. The lowest BCUT2D eigenvalue weighted by molar-refractivity contribution is -0.117. The summed E-state index contributed by atoms with van der Waals surface area (Å²) in [5, 5.41) is 3.05. The van der Waals surface area contributed by atoms with E-state index in [2.05, 4.69) is 10.3 Å². The number of methoxy groups -OCH3 is 1. The summed E-state index contributed by atoms with van der Waals surface area (Å²) < 4.78 is 5.21. The van der Waals surface area contributed by atoms with Gasteiger partial charge in [0.25, 0.3) is 5.91 Å². The number of pyridine rings is 1. The van der Waals surface area contributed by atoms with Crippen LogP contribution in [0.4, 0.5) is 11.5 Å². The lowest BCUT2D eigenvalue weighted by Crippen LogP contribution is -2.40. The van der Waals surface area contributed by atoms with E-state index in [9.17, 15) is 9.59 Å². The van der Waals surface area contributed by atoms with Crippen LogP contribution in [-0.2, 0) is 24.4 Å². The molecular formula is C24H22N4O3. The van der Waals surface area contributed by atoms with Gasteiger partial charge in [-0.1, -0.05) is 36.4 Å². The maximum atomic E-state index is 13.2. The summed E-state index contributed by atoms with van der Waals surface area (Å²) >= 11 is 0. The Hall–Kier alpha value is -3.87. The number of amides is 2. The Morgan fingerprint density at radius 1 is 1.10 bits per heavy atom. The van der Waals surface area contributed by atoms with E-state index in [1.54, 1.807) is 29.2 Å². The Morgan fingerprint density at radius 3 is 2.48 bits per heavy atom. The van der Waals surface area contributed by atoms with E-state index >= 15 is 0 Å². The largest absolute Gasteiger partial charge is 0.497 e. The first-order chi connectivity index (χ1) is 15.1. The van der Waals surface area contributed by atoms with Gasteiger partial charge in [-0.2, -0.15) is 0 Å². The van der Waals surface area contributed by atoms with Gasteiger partial charge in [0.15, 0.2) is 5.82 Å². The highest BCUT2D eigenvalue weighted by molar-refractivity contribution is 6.04. The first-order valence-electron chi connectivity index (χ1n) is 10.2. The molecule has 0 atom stereocenters. The van der Waals surface area contributed by atoms with Gasteiger partial charge < -0.3 is 19.9 Å². The minimum atomic E-state index is -0.0890. The predicted octanol–water partition coefficient (Wildman–Crippen LogP) is 3.20. The minimum absolute atomic E-state index is 0.0664. The summed E-state index contributed by atoms with van der Waals surface area (Å²) in [7, 11) is 1.62. The highest BCUT2D eigenvalue weighted by atomic mass is 16.5. The molecule has 0 aliphatic carbocycles. The van der Waals surface area contributed by atoms with Gasteiger partial charge in [0.2, 0.25) is 5.91 Å². The number of fused-ring (bicyclic) bond motifs is 2. The van der Waals surface area contributed by atoms with Gasteiger partial charge in [-0.15, -0.1) is 0 Å². The van der Waals surface area contributed by atoms with Crippen molar-refractivity contribution in [1.82, 2.24) is 9.88 Å². The van der Waals surface area contributed by atoms with Gasteiger partial charge in [0.05, 0.1) is 31.5 Å². The van der Waals surface area contributed by atoms with Gasteiger partial charge in [0.1, 0.15) is 5.75 Å². The molecule has 2 aromatic carbocycles. The number of carbonyl (C=O) groups excluding carboxylic acids is 2. The van der Waals surface area contributed by atoms with E-state index < -0.39 is 0 Å². The van der Waals surface area contributed by atoms with Crippen molar-refractivity contribution in [3.05, 3.63) is 83.0 Å². The Labute approximate surface area is 180 Å². The number of carbonyl (C=O) groups is 2. The van der Waals surface area contributed by atoms with Crippen molar-refractivity contribution < 1.29 is 14.3 Å². The zero-order chi connectivity index (χ0) is 21.4. The number of benzene rings is 2. The van der Waals surface area contributed by atoms with Crippen LogP contribution in [0.25, 0.3) is 0 Å². The molecule has 0 saturated heterocycles. The van der Waals surface area contributed by atoms with Crippen molar-refractivity contribution in [2.75, 3.05) is 23.9 Å². The summed E-state index contributed by atoms with van der Waals surface area (Å²) in [6, 6.07) is 17.4. The Balaban J connectivity index is 1.41. The second kappa shape index (κ2) is 7.75. The smallest absolute Gasteiger partial charge is 0.256 e. The molecule has 1 N–H and O–H groups in total. The zero-order valence-electron chi connectivity index (χ0n) is 17.2. The van der Waals surface area contributed by atoms with Gasteiger partial charge in [-0.25, -0.2) is 4.98 Å². The second-order valence-corrected chi connectivity index (χ2v) is 7.70. The maximum absolute atomic E-state index is 13.2. The molecule has 2 amide bonds. The molecule has 1 aromatic heterocycles. The maximum Gasteiger partial charge on any atom is 0.256 e. The van der Waals surface area contributed by atoms with Crippen LogP contribution in [0, 0.1) is 0 Å². The van der Waals surface area contributed by atoms with Crippen LogP contribution < -0.4 is 15.0 Å². The Morgan fingerprint density at radius 2 is 1.81 bits per heavy atom. The molecule has 7 heteroatoms. The van der Waals surface area contributed by atoms with Crippen LogP contribution >= 0.6 is 0 Å². The Kier molecular flexibility index (Phi) is 4.78. The van der Waals surface area contributed by atoms with Crippen LogP contribution in [0.2, 0.25) is 0 Å². The van der Waals surface area contributed by atoms with Crippen molar-refractivity contribution in [3.63, 3.8) is 0 Å². The first kappa shape index (κ1) is 19.1. The van der Waals surface area contributed by atoms with Crippen LogP contribution in [0.5, 0.6) is 5.75 Å². The fourth-order valence-electron chi connectivity index (χ4n) is 4.05. The molecule has 0 bridgehead atoms. The van der Waals surface area contributed by atoms with E-state index in [1.807, 2.05) is 48.5 Å². The Bertz CT molecular complexity index is 1130. The number of nitrogens with one attached hydrogen (secondary N) is 1. The van der Waals surface area contributed by atoms with E-state index in [1.165, 1.54) is 11.1 Å². The monoisotopic (exact) mass is 414 g/mol. The van der Waals surface area contributed by atoms with E-state index in [0.29, 0.717) is 36.7 Å². The average molecular weight is 414 g/mol. The summed E-state index contributed by atoms with van der Waals surface area (Å²) in [5.41, 5.74) is 4.39. The zero-order valence-corrected chi connectivity index (χ0v) is 17.2. The van der Waals surface area contributed by atoms with E-state index in [-0.39, 0.29) is 18.4 Å². The van der Waals surface area contributed by atoms with Crippen molar-refractivity contribution in [2.24, 2.45) is 0 Å².